The first kappa shape index (κ1) is 22.8. The average Bonchev–Trinajstić information content (AvgIpc) is 2.81. The Kier molecular flexibility index (Phi) is 6.65. The van der Waals surface area contributed by atoms with Gasteiger partial charge in [-0.1, -0.05) is 60.1 Å². The lowest BCUT2D eigenvalue weighted by Crippen LogP contribution is -2.35. The van der Waals surface area contributed by atoms with Crippen LogP contribution in [-0.2, 0) is 14.8 Å². The van der Waals surface area contributed by atoms with Gasteiger partial charge in [0.2, 0.25) is 15.9 Å². The quantitative estimate of drug-likeness (QED) is 0.376. The van der Waals surface area contributed by atoms with Crippen LogP contribution in [0.15, 0.2) is 95.9 Å². The van der Waals surface area contributed by atoms with E-state index >= 15 is 0 Å². The molecule has 0 spiro atoms. The lowest BCUT2D eigenvalue weighted by atomic mass is 10.1. The zero-order chi connectivity index (χ0) is 23.4. The van der Waals surface area contributed by atoms with Crippen molar-refractivity contribution in [1.82, 2.24) is 4.31 Å². The molecule has 0 aliphatic carbocycles. The van der Waals surface area contributed by atoms with Crippen molar-refractivity contribution in [3.8, 4) is 11.5 Å². The van der Waals surface area contributed by atoms with E-state index in [9.17, 15) is 13.2 Å². The van der Waals surface area contributed by atoms with Crippen LogP contribution in [0.4, 0.5) is 5.69 Å². The number of nitrogens with one attached hydrogen (secondary N) is 1. The largest absolute Gasteiger partial charge is 0.455 e. The number of rotatable bonds is 7. The van der Waals surface area contributed by atoms with Crippen molar-refractivity contribution in [3.05, 3.63) is 96.0 Å². The Balaban J connectivity index is 1.50. The summed E-state index contributed by atoms with van der Waals surface area (Å²) in [4.78, 5) is 12.8. The first-order valence-electron chi connectivity index (χ1n) is 10.1. The van der Waals surface area contributed by atoms with Gasteiger partial charge >= 0.3 is 0 Å². The number of sulfonamides is 1. The second-order valence-corrected chi connectivity index (χ2v) is 9.86. The number of hydrogen-bond acceptors (Lipinski definition) is 4. The van der Waals surface area contributed by atoms with Gasteiger partial charge in [0.1, 0.15) is 5.75 Å². The number of ether oxygens (including phenoxy) is 1. The number of likely N-dealkylation sites (N-methyl/N-ethyl adjacent to an activating group) is 1. The molecule has 0 aliphatic heterocycles. The number of hydrogen-bond donors (Lipinski definition) is 1. The predicted molar refractivity (Wildman–Crippen MR) is 130 cm³/mol. The second-order valence-electron chi connectivity index (χ2n) is 7.37. The molecule has 6 nitrogen and oxygen atoms in total. The first-order valence-corrected chi connectivity index (χ1v) is 11.9. The fraction of sp³-hybridized carbons (Fsp3) is 0.0800. The monoisotopic (exact) mass is 480 g/mol. The van der Waals surface area contributed by atoms with E-state index in [1.165, 1.54) is 13.1 Å². The molecule has 0 bridgehead atoms. The molecule has 33 heavy (non-hydrogen) atoms. The molecule has 0 aromatic heterocycles. The topological polar surface area (TPSA) is 75.7 Å². The van der Waals surface area contributed by atoms with Gasteiger partial charge in [-0.05, 0) is 53.2 Å². The number of halogens is 1. The van der Waals surface area contributed by atoms with Gasteiger partial charge < -0.3 is 10.1 Å². The SMILES string of the molecule is CN(CC(=O)Nc1cc(Cl)ccc1Oc1ccccc1)S(=O)(=O)c1ccc2ccccc2c1. The molecule has 4 aromatic carbocycles. The summed E-state index contributed by atoms with van der Waals surface area (Å²) in [6, 6.07) is 26.3. The highest BCUT2D eigenvalue weighted by molar-refractivity contribution is 7.89. The van der Waals surface area contributed by atoms with Crippen molar-refractivity contribution in [3.63, 3.8) is 0 Å². The molecule has 0 atom stereocenters. The summed E-state index contributed by atoms with van der Waals surface area (Å²) < 4.78 is 32.9. The molecule has 1 amide bonds. The summed E-state index contributed by atoms with van der Waals surface area (Å²) in [5.74, 6) is 0.451. The van der Waals surface area contributed by atoms with Crippen molar-refractivity contribution in [2.45, 2.75) is 4.90 Å². The molecule has 0 aliphatic rings. The van der Waals surface area contributed by atoms with Crippen molar-refractivity contribution < 1.29 is 17.9 Å². The molecule has 8 heteroatoms. The molecular formula is C25H21ClN2O4S. The van der Waals surface area contributed by atoms with Gasteiger partial charge in [-0.25, -0.2) is 8.42 Å². The minimum absolute atomic E-state index is 0.118. The Morgan fingerprint density at radius 3 is 2.36 bits per heavy atom. The number of carbonyl (C=O) groups is 1. The van der Waals surface area contributed by atoms with E-state index in [0.29, 0.717) is 22.2 Å². The summed E-state index contributed by atoms with van der Waals surface area (Å²) in [5.41, 5.74) is 0.341. The van der Waals surface area contributed by atoms with Crippen molar-refractivity contribution >= 4 is 44.0 Å². The van der Waals surface area contributed by atoms with E-state index in [1.54, 1.807) is 42.5 Å². The van der Waals surface area contributed by atoms with Gasteiger partial charge in [0.05, 0.1) is 17.1 Å². The molecule has 168 valence electrons. The summed E-state index contributed by atoms with van der Waals surface area (Å²) in [6.07, 6.45) is 0. The zero-order valence-corrected chi connectivity index (χ0v) is 19.3. The van der Waals surface area contributed by atoms with Crippen molar-refractivity contribution in [1.29, 1.82) is 0 Å². The molecule has 0 saturated carbocycles. The lowest BCUT2D eigenvalue weighted by Gasteiger charge is -2.18. The summed E-state index contributed by atoms with van der Waals surface area (Å²) >= 11 is 6.10. The van der Waals surface area contributed by atoms with Gasteiger partial charge in [0, 0.05) is 12.1 Å². The summed E-state index contributed by atoms with van der Waals surface area (Å²) in [6.45, 7) is -0.382. The van der Waals surface area contributed by atoms with Crippen molar-refractivity contribution in [2.75, 3.05) is 18.9 Å². The minimum atomic E-state index is -3.87. The fourth-order valence-electron chi connectivity index (χ4n) is 3.29. The third-order valence-corrected chi connectivity index (χ3v) is 7.02. The van der Waals surface area contributed by atoms with Crippen LogP contribution in [0.5, 0.6) is 11.5 Å². The highest BCUT2D eigenvalue weighted by atomic mass is 35.5. The fourth-order valence-corrected chi connectivity index (χ4v) is 4.62. The van der Waals surface area contributed by atoms with Crippen LogP contribution >= 0.6 is 11.6 Å². The predicted octanol–water partition coefficient (Wildman–Crippen LogP) is 5.54. The molecule has 0 heterocycles. The van der Waals surface area contributed by atoms with Crippen molar-refractivity contribution in [2.24, 2.45) is 0 Å². The Morgan fingerprint density at radius 2 is 1.61 bits per heavy atom. The number of fused-ring (bicyclic) bond motifs is 1. The number of carbonyl (C=O) groups excluding carboxylic acids is 1. The zero-order valence-electron chi connectivity index (χ0n) is 17.7. The maximum Gasteiger partial charge on any atom is 0.243 e. The standard InChI is InChI=1S/C25H21ClN2O4S/c1-28(33(30,31)22-13-11-18-7-5-6-8-19(18)15-22)17-25(29)27-23-16-20(26)12-14-24(23)32-21-9-3-2-4-10-21/h2-16H,17H2,1H3,(H,27,29). The van der Waals surface area contributed by atoms with E-state index in [1.807, 2.05) is 42.5 Å². The van der Waals surface area contributed by atoms with Gasteiger partial charge in [0.25, 0.3) is 0 Å². The molecule has 0 fully saturated rings. The maximum absolute atomic E-state index is 13.0. The number of nitrogens with zero attached hydrogens (tertiary/aromatic N) is 1. The molecular weight excluding hydrogens is 460 g/mol. The van der Waals surface area contributed by atoms with Crippen LogP contribution in [-0.4, -0.2) is 32.2 Å². The van der Waals surface area contributed by atoms with Crippen LogP contribution < -0.4 is 10.1 Å². The lowest BCUT2D eigenvalue weighted by molar-refractivity contribution is -0.116. The van der Waals surface area contributed by atoms with Crippen LogP contribution in [0, 0.1) is 0 Å². The van der Waals surface area contributed by atoms with E-state index in [2.05, 4.69) is 5.32 Å². The maximum atomic E-state index is 13.0. The van der Waals surface area contributed by atoms with E-state index in [4.69, 9.17) is 16.3 Å². The smallest absolute Gasteiger partial charge is 0.243 e. The number of para-hydroxylation sites is 1. The van der Waals surface area contributed by atoms with Crippen LogP contribution in [0.1, 0.15) is 0 Å². The molecule has 1 N–H and O–H groups in total. The third kappa shape index (κ3) is 5.34. The summed E-state index contributed by atoms with van der Waals surface area (Å²) in [7, 11) is -2.50. The Morgan fingerprint density at radius 1 is 0.909 bits per heavy atom. The number of anilines is 1. The number of amides is 1. The first-order chi connectivity index (χ1) is 15.8. The van der Waals surface area contributed by atoms with Gasteiger partial charge in [0.15, 0.2) is 5.75 Å². The molecule has 4 aromatic rings. The Bertz CT molecular complexity index is 1410. The highest BCUT2D eigenvalue weighted by Crippen LogP contribution is 2.32. The second kappa shape index (κ2) is 9.62. The van der Waals surface area contributed by atoms with Gasteiger partial charge in [-0.2, -0.15) is 4.31 Å². The molecule has 0 unspecified atom stereocenters. The van der Waals surface area contributed by atoms with E-state index in [0.717, 1.165) is 15.1 Å². The summed E-state index contributed by atoms with van der Waals surface area (Å²) in [5, 5.41) is 4.84. The normalized spacial score (nSPS) is 11.5. The van der Waals surface area contributed by atoms with Gasteiger partial charge in [-0.15, -0.1) is 0 Å². The van der Waals surface area contributed by atoms with Crippen LogP contribution in [0.2, 0.25) is 5.02 Å². The third-order valence-electron chi connectivity index (χ3n) is 4.98. The Labute approximate surface area is 197 Å². The highest BCUT2D eigenvalue weighted by Gasteiger charge is 2.24. The number of benzene rings is 4. The molecule has 4 rings (SSSR count). The Hall–Kier alpha value is -3.39. The van der Waals surface area contributed by atoms with E-state index < -0.39 is 15.9 Å². The van der Waals surface area contributed by atoms with E-state index in [-0.39, 0.29) is 11.4 Å². The molecule has 0 radical (unpaired) electrons. The molecule has 0 saturated heterocycles. The minimum Gasteiger partial charge on any atom is -0.455 e. The van der Waals surface area contributed by atoms with Crippen LogP contribution in [0.3, 0.4) is 0 Å². The van der Waals surface area contributed by atoms with Crippen LogP contribution in [0.25, 0.3) is 10.8 Å². The van der Waals surface area contributed by atoms with Gasteiger partial charge in [-0.3, -0.25) is 4.79 Å². The average molecular weight is 481 g/mol.